The molecule has 0 fully saturated rings. The van der Waals surface area contributed by atoms with Gasteiger partial charge in [0, 0.05) is 19.8 Å². The van der Waals surface area contributed by atoms with Crippen molar-refractivity contribution in [3.8, 4) is 0 Å². The van der Waals surface area contributed by atoms with Crippen LogP contribution in [0.1, 0.15) is 13.3 Å². The topological polar surface area (TPSA) is 3.24 Å². The molecule has 1 rings (SSSR count). The highest BCUT2D eigenvalue weighted by atomic mass is 31.1. The van der Waals surface area contributed by atoms with Crippen molar-refractivity contribution in [1.82, 2.24) is 0 Å². The van der Waals surface area contributed by atoms with Crippen molar-refractivity contribution in [3.05, 3.63) is 24.3 Å². The van der Waals surface area contributed by atoms with Crippen molar-refractivity contribution in [3.63, 3.8) is 0 Å². The highest BCUT2D eigenvalue weighted by Crippen LogP contribution is 2.33. The second-order valence-corrected chi connectivity index (χ2v) is 6.13. The van der Waals surface area contributed by atoms with Crippen LogP contribution in [0.15, 0.2) is 24.3 Å². The van der Waals surface area contributed by atoms with Gasteiger partial charge in [0.05, 0.1) is 0 Å². The Balaban J connectivity index is 2.94. The third-order valence-electron chi connectivity index (χ3n) is 2.33. The lowest BCUT2D eigenvalue weighted by Gasteiger charge is -2.21. The van der Waals surface area contributed by atoms with Crippen molar-refractivity contribution >= 4 is 18.9 Å². The van der Waals surface area contributed by atoms with Crippen molar-refractivity contribution < 1.29 is 0 Å². The Kier molecular flexibility index (Phi) is 4.41. The monoisotopic (exact) mass is 209 g/mol. The van der Waals surface area contributed by atoms with Gasteiger partial charge in [0.25, 0.3) is 0 Å². The number of para-hydroxylation sites is 1. The molecule has 0 aromatic heterocycles. The first kappa shape index (κ1) is 11.5. The van der Waals surface area contributed by atoms with Crippen molar-refractivity contribution in [2.45, 2.75) is 13.3 Å². The molecule has 1 aromatic carbocycles. The molecule has 0 aliphatic heterocycles. The number of hydrogen-bond donors (Lipinski definition) is 0. The van der Waals surface area contributed by atoms with Gasteiger partial charge in [-0.15, -0.1) is 0 Å². The van der Waals surface area contributed by atoms with Gasteiger partial charge in [-0.2, -0.15) is 0 Å². The van der Waals surface area contributed by atoms with Gasteiger partial charge in [-0.1, -0.05) is 39.5 Å². The van der Waals surface area contributed by atoms with Crippen LogP contribution >= 0.6 is 7.92 Å². The molecule has 0 heterocycles. The SMILES string of the molecule is CCCP(C)c1ccccc1N(C)C. The lowest BCUT2D eigenvalue weighted by atomic mass is 10.3. The normalized spacial score (nSPS) is 12.6. The fourth-order valence-corrected chi connectivity index (χ4v) is 3.54. The van der Waals surface area contributed by atoms with E-state index in [0.717, 1.165) is 0 Å². The molecule has 0 amide bonds. The van der Waals surface area contributed by atoms with Crippen molar-refractivity contribution in [1.29, 1.82) is 0 Å². The van der Waals surface area contributed by atoms with E-state index in [9.17, 15) is 0 Å². The zero-order valence-corrected chi connectivity index (χ0v) is 10.5. The molecular weight excluding hydrogens is 189 g/mol. The second kappa shape index (κ2) is 5.36. The zero-order chi connectivity index (χ0) is 10.6. The van der Waals surface area contributed by atoms with Crippen LogP contribution in [-0.2, 0) is 0 Å². The summed E-state index contributed by atoms with van der Waals surface area (Å²) >= 11 is 0. The van der Waals surface area contributed by atoms with Crippen LogP contribution < -0.4 is 10.2 Å². The fraction of sp³-hybridized carbons (Fsp3) is 0.500. The van der Waals surface area contributed by atoms with Crippen LogP contribution in [0, 0.1) is 0 Å². The van der Waals surface area contributed by atoms with E-state index in [1.165, 1.54) is 23.6 Å². The number of anilines is 1. The van der Waals surface area contributed by atoms with Crippen LogP contribution in [0.25, 0.3) is 0 Å². The molecule has 1 nitrogen and oxygen atoms in total. The van der Waals surface area contributed by atoms with E-state index in [2.05, 4.69) is 56.8 Å². The van der Waals surface area contributed by atoms with Crippen LogP contribution in [0.4, 0.5) is 5.69 Å². The Morgan fingerprint density at radius 1 is 1.21 bits per heavy atom. The quantitative estimate of drug-likeness (QED) is 0.689. The Morgan fingerprint density at radius 2 is 1.86 bits per heavy atom. The summed E-state index contributed by atoms with van der Waals surface area (Å²) in [6.07, 6.45) is 2.62. The lowest BCUT2D eigenvalue weighted by Crippen LogP contribution is -2.18. The Bertz CT molecular complexity index is 283. The number of hydrogen-bond acceptors (Lipinski definition) is 1. The van der Waals surface area contributed by atoms with E-state index in [4.69, 9.17) is 0 Å². The summed E-state index contributed by atoms with van der Waals surface area (Å²) in [7, 11) is 4.27. The predicted octanol–water partition coefficient (Wildman–Crippen LogP) is 2.90. The standard InChI is InChI=1S/C12H20NP/c1-5-10-14(4)12-9-7-6-8-11(12)13(2)3/h6-9H,5,10H2,1-4H3. The summed E-state index contributed by atoms with van der Waals surface area (Å²) in [4.78, 5) is 2.21. The van der Waals surface area contributed by atoms with Gasteiger partial charge in [-0.25, -0.2) is 0 Å². The van der Waals surface area contributed by atoms with Crippen molar-refractivity contribution in [2.75, 3.05) is 31.8 Å². The number of nitrogens with zero attached hydrogens (tertiary/aromatic N) is 1. The summed E-state index contributed by atoms with van der Waals surface area (Å²) in [6.45, 7) is 4.64. The summed E-state index contributed by atoms with van der Waals surface area (Å²) < 4.78 is 0. The summed E-state index contributed by atoms with van der Waals surface area (Å²) in [5.74, 6) is 0. The van der Waals surface area contributed by atoms with Gasteiger partial charge in [-0.05, 0) is 24.2 Å². The van der Waals surface area contributed by atoms with Gasteiger partial charge < -0.3 is 4.90 Å². The molecule has 0 aliphatic carbocycles. The molecule has 0 spiro atoms. The molecule has 0 saturated heterocycles. The first-order valence-electron chi connectivity index (χ1n) is 5.14. The van der Waals surface area contributed by atoms with Gasteiger partial charge in [0.1, 0.15) is 0 Å². The highest BCUT2D eigenvalue weighted by molar-refractivity contribution is 7.65. The molecule has 14 heavy (non-hydrogen) atoms. The third kappa shape index (κ3) is 2.72. The molecule has 0 saturated carbocycles. The molecule has 1 unspecified atom stereocenters. The van der Waals surface area contributed by atoms with Crippen LogP contribution in [0.3, 0.4) is 0 Å². The van der Waals surface area contributed by atoms with Crippen LogP contribution in [0.5, 0.6) is 0 Å². The molecule has 78 valence electrons. The molecule has 1 atom stereocenters. The van der Waals surface area contributed by atoms with Gasteiger partial charge in [0.15, 0.2) is 0 Å². The van der Waals surface area contributed by atoms with E-state index in [0.29, 0.717) is 0 Å². The minimum atomic E-state index is 0.0293. The van der Waals surface area contributed by atoms with Crippen LogP contribution in [0.2, 0.25) is 0 Å². The van der Waals surface area contributed by atoms with Gasteiger partial charge >= 0.3 is 0 Å². The maximum absolute atomic E-state index is 2.38. The third-order valence-corrected chi connectivity index (χ3v) is 4.65. The van der Waals surface area contributed by atoms with Gasteiger partial charge in [-0.3, -0.25) is 0 Å². The zero-order valence-electron chi connectivity index (χ0n) is 9.62. The average Bonchev–Trinajstić information content (AvgIpc) is 2.18. The Morgan fingerprint density at radius 3 is 2.43 bits per heavy atom. The van der Waals surface area contributed by atoms with E-state index in [-0.39, 0.29) is 7.92 Å². The van der Waals surface area contributed by atoms with E-state index in [1.807, 2.05) is 0 Å². The first-order chi connectivity index (χ1) is 6.66. The molecule has 1 aromatic rings. The smallest absolute Gasteiger partial charge is 0.0438 e. The van der Waals surface area contributed by atoms with Gasteiger partial charge in [0.2, 0.25) is 0 Å². The van der Waals surface area contributed by atoms with E-state index < -0.39 is 0 Å². The molecular formula is C12H20NP. The molecule has 0 bridgehead atoms. The minimum absolute atomic E-state index is 0.0293. The molecule has 0 N–H and O–H groups in total. The lowest BCUT2D eigenvalue weighted by molar-refractivity contribution is 1.10. The van der Waals surface area contributed by atoms with Crippen molar-refractivity contribution in [2.24, 2.45) is 0 Å². The maximum Gasteiger partial charge on any atom is 0.0438 e. The Hall–Kier alpha value is -0.550. The Labute approximate surface area is 88.9 Å². The summed E-state index contributed by atoms with van der Waals surface area (Å²) in [6, 6.07) is 8.76. The predicted molar refractivity (Wildman–Crippen MR) is 68.4 cm³/mol. The first-order valence-corrected chi connectivity index (χ1v) is 7.11. The maximum atomic E-state index is 2.38. The number of benzene rings is 1. The molecule has 0 radical (unpaired) electrons. The minimum Gasteiger partial charge on any atom is -0.377 e. The van der Waals surface area contributed by atoms with Crippen LogP contribution in [-0.4, -0.2) is 26.9 Å². The molecule has 0 aliphatic rings. The average molecular weight is 209 g/mol. The highest BCUT2D eigenvalue weighted by Gasteiger charge is 2.09. The second-order valence-electron chi connectivity index (χ2n) is 3.80. The fourth-order valence-electron chi connectivity index (χ4n) is 1.62. The van der Waals surface area contributed by atoms with E-state index in [1.54, 1.807) is 0 Å². The molecule has 2 heteroatoms. The summed E-state index contributed by atoms with van der Waals surface area (Å²) in [5, 5.41) is 1.54. The number of rotatable bonds is 4. The summed E-state index contributed by atoms with van der Waals surface area (Å²) in [5.41, 5.74) is 1.38. The van der Waals surface area contributed by atoms with E-state index >= 15 is 0 Å². The largest absolute Gasteiger partial charge is 0.377 e.